The average molecular weight is 242 g/mol. The highest BCUT2D eigenvalue weighted by atomic mass is 19.1. The van der Waals surface area contributed by atoms with E-state index in [1.165, 1.54) is 12.1 Å². The molecule has 0 aliphatic rings. The van der Waals surface area contributed by atoms with Gasteiger partial charge >= 0.3 is 5.97 Å². The maximum absolute atomic E-state index is 12.9. The van der Waals surface area contributed by atoms with Gasteiger partial charge in [0, 0.05) is 6.08 Å². The van der Waals surface area contributed by atoms with Crippen LogP contribution in [0.2, 0.25) is 0 Å². The first-order chi connectivity index (χ1) is 8.66. The summed E-state index contributed by atoms with van der Waals surface area (Å²) >= 11 is 0. The van der Waals surface area contributed by atoms with Gasteiger partial charge in [-0.2, -0.15) is 0 Å². The van der Waals surface area contributed by atoms with Crippen molar-refractivity contribution in [1.82, 2.24) is 0 Å². The standard InChI is InChI=1S/C15H11FO2/c16-13-8-6-12(7-9-13)14(10-15(17)18)11-4-2-1-3-5-11/h1-10H,(H,17,18)/b14-10+. The zero-order valence-corrected chi connectivity index (χ0v) is 9.51. The van der Waals surface area contributed by atoms with Gasteiger partial charge in [-0.05, 0) is 28.8 Å². The fourth-order valence-electron chi connectivity index (χ4n) is 1.70. The quantitative estimate of drug-likeness (QED) is 0.838. The third-order valence-electron chi connectivity index (χ3n) is 2.51. The van der Waals surface area contributed by atoms with E-state index in [0.29, 0.717) is 11.1 Å². The summed E-state index contributed by atoms with van der Waals surface area (Å²) < 4.78 is 12.9. The van der Waals surface area contributed by atoms with Gasteiger partial charge in [0.15, 0.2) is 0 Å². The van der Waals surface area contributed by atoms with Crippen LogP contribution in [-0.2, 0) is 4.79 Å². The number of hydrogen-bond donors (Lipinski definition) is 1. The van der Waals surface area contributed by atoms with Gasteiger partial charge < -0.3 is 5.11 Å². The minimum absolute atomic E-state index is 0.346. The van der Waals surface area contributed by atoms with Crippen molar-refractivity contribution in [3.63, 3.8) is 0 Å². The molecular formula is C15H11FO2. The summed E-state index contributed by atoms with van der Waals surface area (Å²) in [4.78, 5) is 10.9. The Morgan fingerprint density at radius 3 is 2.06 bits per heavy atom. The first-order valence-corrected chi connectivity index (χ1v) is 5.43. The van der Waals surface area contributed by atoms with E-state index in [0.717, 1.165) is 11.6 Å². The summed E-state index contributed by atoms with van der Waals surface area (Å²) in [6.45, 7) is 0. The number of rotatable bonds is 3. The van der Waals surface area contributed by atoms with Crippen LogP contribution in [0.4, 0.5) is 4.39 Å². The highest BCUT2D eigenvalue weighted by Gasteiger charge is 2.07. The summed E-state index contributed by atoms with van der Waals surface area (Å²) in [6.07, 6.45) is 1.13. The molecule has 0 atom stereocenters. The van der Waals surface area contributed by atoms with E-state index in [4.69, 9.17) is 5.11 Å². The lowest BCUT2D eigenvalue weighted by atomic mass is 9.97. The Balaban J connectivity index is 2.51. The molecule has 2 nitrogen and oxygen atoms in total. The smallest absolute Gasteiger partial charge is 0.328 e. The van der Waals surface area contributed by atoms with E-state index in [1.54, 1.807) is 12.1 Å². The molecule has 90 valence electrons. The van der Waals surface area contributed by atoms with Gasteiger partial charge in [-0.1, -0.05) is 42.5 Å². The normalized spacial score (nSPS) is 11.3. The van der Waals surface area contributed by atoms with Gasteiger partial charge in [0.05, 0.1) is 0 Å². The number of carboxylic acid groups (broad SMARTS) is 1. The second-order valence-electron chi connectivity index (χ2n) is 3.77. The second-order valence-corrected chi connectivity index (χ2v) is 3.77. The van der Waals surface area contributed by atoms with Gasteiger partial charge in [0.2, 0.25) is 0 Å². The predicted octanol–water partition coefficient (Wildman–Crippen LogP) is 3.34. The Labute approximate surface area is 104 Å². The van der Waals surface area contributed by atoms with E-state index in [1.807, 2.05) is 30.3 Å². The summed E-state index contributed by atoms with van der Waals surface area (Å²) in [6, 6.07) is 14.9. The molecule has 0 heterocycles. The van der Waals surface area contributed by atoms with Crippen molar-refractivity contribution in [2.24, 2.45) is 0 Å². The Morgan fingerprint density at radius 2 is 1.50 bits per heavy atom. The van der Waals surface area contributed by atoms with Crippen molar-refractivity contribution >= 4 is 11.5 Å². The summed E-state index contributed by atoms with van der Waals surface area (Å²) in [5.74, 6) is -1.38. The molecule has 0 saturated carbocycles. The predicted molar refractivity (Wildman–Crippen MR) is 67.6 cm³/mol. The highest BCUT2D eigenvalue weighted by Crippen LogP contribution is 2.23. The molecule has 1 N–H and O–H groups in total. The Morgan fingerprint density at radius 1 is 0.944 bits per heavy atom. The molecule has 0 fully saturated rings. The van der Waals surface area contributed by atoms with Crippen molar-refractivity contribution < 1.29 is 14.3 Å². The van der Waals surface area contributed by atoms with Crippen LogP contribution in [0.15, 0.2) is 60.7 Å². The molecule has 3 heteroatoms. The number of halogens is 1. The van der Waals surface area contributed by atoms with Gasteiger partial charge in [-0.15, -0.1) is 0 Å². The molecular weight excluding hydrogens is 231 g/mol. The second kappa shape index (κ2) is 5.27. The molecule has 0 spiro atoms. The molecule has 0 unspecified atom stereocenters. The van der Waals surface area contributed by atoms with Crippen molar-refractivity contribution in [1.29, 1.82) is 0 Å². The third kappa shape index (κ3) is 2.83. The molecule has 0 aromatic heterocycles. The lowest BCUT2D eigenvalue weighted by Gasteiger charge is -2.07. The van der Waals surface area contributed by atoms with Crippen LogP contribution in [0.25, 0.3) is 5.57 Å². The third-order valence-corrected chi connectivity index (χ3v) is 2.51. The van der Waals surface area contributed by atoms with Crippen molar-refractivity contribution in [2.75, 3.05) is 0 Å². The SMILES string of the molecule is O=C(O)/C=C(\c1ccccc1)c1ccc(F)cc1. The maximum Gasteiger partial charge on any atom is 0.328 e. The van der Waals surface area contributed by atoms with Gasteiger partial charge in [-0.3, -0.25) is 0 Å². The molecule has 0 radical (unpaired) electrons. The number of benzene rings is 2. The summed E-state index contributed by atoms with van der Waals surface area (Å²) in [7, 11) is 0. The molecule has 2 rings (SSSR count). The highest BCUT2D eigenvalue weighted by molar-refractivity contribution is 5.95. The largest absolute Gasteiger partial charge is 0.478 e. The molecule has 0 amide bonds. The van der Waals surface area contributed by atoms with Crippen LogP contribution < -0.4 is 0 Å². The Kier molecular flexibility index (Phi) is 3.53. The summed E-state index contributed by atoms with van der Waals surface area (Å²) in [5, 5.41) is 8.91. The lowest BCUT2D eigenvalue weighted by molar-refractivity contribution is -0.131. The van der Waals surface area contributed by atoms with Crippen molar-refractivity contribution in [3.8, 4) is 0 Å². The van der Waals surface area contributed by atoms with Gasteiger partial charge in [0.1, 0.15) is 5.82 Å². The Hall–Kier alpha value is -2.42. The molecule has 0 saturated heterocycles. The van der Waals surface area contributed by atoms with Crippen molar-refractivity contribution in [2.45, 2.75) is 0 Å². The zero-order chi connectivity index (χ0) is 13.0. The molecule has 0 bridgehead atoms. The first-order valence-electron chi connectivity index (χ1n) is 5.43. The van der Waals surface area contributed by atoms with Crippen LogP contribution in [0.1, 0.15) is 11.1 Å². The maximum atomic E-state index is 12.9. The van der Waals surface area contributed by atoms with Gasteiger partial charge in [0.25, 0.3) is 0 Å². The number of carbonyl (C=O) groups is 1. The van der Waals surface area contributed by atoms with Crippen LogP contribution >= 0.6 is 0 Å². The molecule has 2 aromatic carbocycles. The topological polar surface area (TPSA) is 37.3 Å². The minimum atomic E-state index is -1.03. The zero-order valence-electron chi connectivity index (χ0n) is 9.51. The van der Waals surface area contributed by atoms with Crippen LogP contribution in [-0.4, -0.2) is 11.1 Å². The molecule has 2 aromatic rings. The first kappa shape index (κ1) is 12.0. The van der Waals surface area contributed by atoms with Crippen LogP contribution in [0.3, 0.4) is 0 Å². The monoisotopic (exact) mass is 242 g/mol. The Bertz CT molecular complexity index is 571. The van der Waals surface area contributed by atoms with E-state index < -0.39 is 5.97 Å². The average Bonchev–Trinajstić information content (AvgIpc) is 2.38. The number of hydrogen-bond acceptors (Lipinski definition) is 1. The fraction of sp³-hybridized carbons (Fsp3) is 0. The number of carboxylic acids is 1. The van der Waals surface area contributed by atoms with Crippen LogP contribution in [0, 0.1) is 5.82 Å². The molecule has 0 aliphatic heterocycles. The minimum Gasteiger partial charge on any atom is -0.478 e. The summed E-state index contributed by atoms with van der Waals surface area (Å²) in [5.41, 5.74) is 2.01. The van der Waals surface area contributed by atoms with Gasteiger partial charge in [-0.25, -0.2) is 9.18 Å². The fourth-order valence-corrected chi connectivity index (χ4v) is 1.70. The van der Waals surface area contributed by atoms with E-state index >= 15 is 0 Å². The molecule has 18 heavy (non-hydrogen) atoms. The van der Waals surface area contributed by atoms with E-state index in [9.17, 15) is 9.18 Å². The van der Waals surface area contributed by atoms with E-state index in [2.05, 4.69) is 0 Å². The number of aliphatic carboxylic acids is 1. The van der Waals surface area contributed by atoms with E-state index in [-0.39, 0.29) is 5.82 Å². The molecule has 0 aliphatic carbocycles. The van der Waals surface area contributed by atoms with Crippen LogP contribution in [0.5, 0.6) is 0 Å². The lowest BCUT2D eigenvalue weighted by Crippen LogP contribution is -1.94. The van der Waals surface area contributed by atoms with Crippen molar-refractivity contribution in [3.05, 3.63) is 77.6 Å².